The van der Waals surface area contributed by atoms with Gasteiger partial charge in [-0.1, -0.05) is 12.1 Å². The van der Waals surface area contributed by atoms with Crippen LogP contribution in [0.15, 0.2) is 24.3 Å². The number of aromatic hydroxyl groups is 1. The van der Waals surface area contributed by atoms with E-state index in [0.717, 1.165) is 0 Å². The summed E-state index contributed by atoms with van der Waals surface area (Å²) in [6, 6.07) is 0.258. The van der Waals surface area contributed by atoms with Crippen molar-refractivity contribution >= 4 is 48.1 Å². The second-order valence-electron chi connectivity index (χ2n) is 7.52. The third kappa shape index (κ3) is 10.3. The van der Waals surface area contributed by atoms with Crippen molar-refractivity contribution in [2.24, 2.45) is 17.2 Å². The Morgan fingerprint density at radius 3 is 1.74 bits per heavy atom. The largest absolute Gasteiger partial charge is 0.508 e. The van der Waals surface area contributed by atoms with E-state index in [2.05, 4.69) is 28.6 Å². The lowest BCUT2D eigenvalue weighted by Gasteiger charge is -2.23. The molecular formula is C20H28N6O8S. The van der Waals surface area contributed by atoms with Crippen LogP contribution in [0.2, 0.25) is 0 Å². The summed E-state index contributed by atoms with van der Waals surface area (Å²) in [5, 5.41) is 25.0. The normalized spacial score (nSPS) is 14.0. The number of nitrogens with two attached hydrogens (primary N) is 3. The number of hydrogen-bond donors (Lipinski definition) is 9. The molecule has 1 aromatic carbocycles. The molecule has 0 saturated carbocycles. The predicted molar refractivity (Wildman–Crippen MR) is 125 cm³/mol. The van der Waals surface area contributed by atoms with Crippen LogP contribution in [0.25, 0.3) is 0 Å². The zero-order valence-corrected chi connectivity index (χ0v) is 19.4. The van der Waals surface area contributed by atoms with Gasteiger partial charge >= 0.3 is 5.97 Å². The number of carbonyl (C=O) groups excluding carboxylic acids is 5. The summed E-state index contributed by atoms with van der Waals surface area (Å²) in [7, 11) is 0. The topological polar surface area (TPSA) is 257 Å². The highest BCUT2D eigenvalue weighted by Gasteiger charge is 2.31. The van der Waals surface area contributed by atoms with Gasteiger partial charge in [0, 0.05) is 5.75 Å². The number of phenols is 1. The zero-order chi connectivity index (χ0) is 26.7. The summed E-state index contributed by atoms with van der Waals surface area (Å²) in [5.74, 6) is -6.47. The van der Waals surface area contributed by atoms with Gasteiger partial charge in [0.25, 0.3) is 0 Å². The van der Waals surface area contributed by atoms with Gasteiger partial charge in [-0.2, -0.15) is 12.6 Å². The Morgan fingerprint density at radius 1 is 0.800 bits per heavy atom. The fourth-order valence-corrected chi connectivity index (χ4v) is 3.06. The number of benzene rings is 1. The van der Waals surface area contributed by atoms with Gasteiger partial charge in [0.1, 0.15) is 23.9 Å². The number of carboxylic acid groups (broad SMARTS) is 1. The van der Waals surface area contributed by atoms with Gasteiger partial charge in [-0.3, -0.25) is 24.0 Å². The maximum absolute atomic E-state index is 12.7. The van der Waals surface area contributed by atoms with Gasteiger partial charge in [-0.05, 0) is 24.1 Å². The number of primary amides is 2. The van der Waals surface area contributed by atoms with Crippen LogP contribution in [0, 0.1) is 0 Å². The molecule has 0 aliphatic heterocycles. The Bertz CT molecular complexity index is 957. The van der Waals surface area contributed by atoms with Crippen LogP contribution in [0.3, 0.4) is 0 Å². The smallest absolute Gasteiger partial charge is 0.326 e. The molecule has 14 nitrogen and oxygen atoms in total. The quantitative estimate of drug-likeness (QED) is 0.112. The minimum Gasteiger partial charge on any atom is -0.508 e. The van der Waals surface area contributed by atoms with Gasteiger partial charge in [-0.25, -0.2) is 4.79 Å². The molecule has 0 fully saturated rings. The van der Waals surface area contributed by atoms with Crippen LogP contribution < -0.4 is 33.2 Å². The van der Waals surface area contributed by atoms with Crippen molar-refractivity contribution < 1.29 is 39.0 Å². The van der Waals surface area contributed by atoms with E-state index >= 15 is 0 Å². The molecule has 192 valence electrons. The van der Waals surface area contributed by atoms with E-state index in [0.29, 0.717) is 5.56 Å². The van der Waals surface area contributed by atoms with Crippen molar-refractivity contribution in [1.82, 2.24) is 16.0 Å². The number of rotatable bonds is 14. The van der Waals surface area contributed by atoms with Gasteiger partial charge in [0.2, 0.25) is 29.5 Å². The van der Waals surface area contributed by atoms with Crippen LogP contribution in [-0.4, -0.2) is 75.6 Å². The summed E-state index contributed by atoms with van der Waals surface area (Å²) in [4.78, 5) is 71.3. The maximum atomic E-state index is 12.7. The first kappa shape index (κ1) is 29.2. The predicted octanol–water partition coefficient (Wildman–Crippen LogP) is -3.52. The Kier molecular flexibility index (Phi) is 11.5. The number of nitrogens with one attached hydrogen (secondary N) is 3. The van der Waals surface area contributed by atoms with Crippen molar-refractivity contribution in [3.05, 3.63) is 29.8 Å². The summed E-state index contributed by atoms with van der Waals surface area (Å²) in [6.45, 7) is 0. The molecule has 0 spiro atoms. The Hall–Kier alpha value is -3.85. The van der Waals surface area contributed by atoms with Crippen molar-refractivity contribution in [3.8, 4) is 5.75 Å². The summed E-state index contributed by atoms with van der Waals surface area (Å²) < 4.78 is 0. The summed E-state index contributed by atoms with van der Waals surface area (Å²) in [6.07, 6.45) is -1.26. The number of thiol groups is 1. The Labute approximate surface area is 205 Å². The molecular weight excluding hydrogens is 484 g/mol. The van der Waals surface area contributed by atoms with Crippen LogP contribution in [0.4, 0.5) is 0 Å². The molecule has 0 radical (unpaired) electrons. The fourth-order valence-electron chi connectivity index (χ4n) is 2.81. The highest BCUT2D eigenvalue weighted by Crippen LogP contribution is 2.11. The Morgan fingerprint density at radius 2 is 1.26 bits per heavy atom. The third-order valence-electron chi connectivity index (χ3n) is 4.60. The molecule has 0 aliphatic carbocycles. The zero-order valence-electron chi connectivity index (χ0n) is 18.5. The number of carbonyl (C=O) groups is 6. The molecule has 1 aromatic rings. The maximum Gasteiger partial charge on any atom is 0.326 e. The van der Waals surface area contributed by atoms with E-state index in [-0.39, 0.29) is 17.9 Å². The molecule has 15 heteroatoms. The van der Waals surface area contributed by atoms with E-state index in [1.54, 1.807) is 12.1 Å². The number of phenolic OH excluding ortho intramolecular Hbond substituents is 1. The minimum absolute atomic E-state index is 0.0250. The monoisotopic (exact) mass is 512 g/mol. The molecule has 1 rings (SSSR count). The van der Waals surface area contributed by atoms with E-state index in [9.17, 15) is 33.9 Å². The van der Waals surface area contributed by atoms with E-state index in [4.69, 9.17) is 22.3 Å². The van der Waals surface area contributed by atoms with Crippen molar-refractivity contribution in [3.63, 3.8) is 0 Å². The second-order valence-corrected chi connectivity index (χ2v) is 7.89. The second kappa shape index (κ2) is 13.8. The lowest BCUT2D eigenvalue weighted by atomic mass is 10.0. The first-order valence-corrected chi connectivity index (χ1v) is 10.8. The summed E-state index contributed by atoms with van der Waals surface area (Å²) in [5.41, 5.74) is 16.6. The van der Waals surface area contributed by atoms with E-state index in [1.807, 2.05) is 0 Å². The highest BCUT2D eigenvalue weighted by atomic mass is 32.1. The highest BCUT2D eigenvalue weighted by molar-refractivity contribution is 7.80. The summed E-state index contributed by atoms with van der Waals surface area (Å²) >= 11 is 3.95. The minimum atomic E-state index is -1.64. The number of carboxylic acids is 1. The van der Waals surface area contributed by atoms with Crippen LogP contribution in [-0.2, 0) is 35.2 Å². The first-order valence-electron chi connectivity index (χ1n) is 10.2. The van der Waals surface area contributed by atoms with Crippen molar-refractivity contribution in [1.29, 1.82) is 0 Å². The average molecular weight is 513 g/mol. The number of amides is 5. The molecule has 11 N–H and O–H groups in total. The van der Waals surface area contributed by atoms with Gasteiger partial charge in [-0.15, -0.1) is 0 Å². The lowest BCUT2D eigenvalue weighted by molar-refractivity contribution is -0.143. The molecule has 0 aliphatic rings. The first-order chi connectivity index (χ1) is 16.3. The Balaban J connectivity index is 2.87. The fraction of sp³-hybridized carbons (Fsp3) is 0.400. The molecule has 35 heavy (non-hydrogen) atoms. The van der Waals surface area contributed by atoms with E-state index < -0.39 is 72.5 Å². The molecule has 5 amide bonds. The molecule has 4 unspecified atom stereocenters. The van der Waals surface area contributed by atoms with Crippen molar-refractivity contribution in [2.45, 2.75) is 43.4 Å². The van der Waals surface area contributed by atoms with Crippen molar-refractivity contribution in [2.75, 3.05) is 5.75 Å². The van der Waals surface area contributed by atoms with Gasteiger partial charge in [0.05, 0.1) is 18.9 Å². The van der Waals surface area contributed by atoms with Gasteiger partial charge < -0.3 is 43.4 Å². The third-order valence-corrected chi connectivity index (χ3v) is 4.97. The van der Waals surface area contributed by atoms with Crippen LogP contribution >= 0.6 is 12.6 Å². The molecule has 0 heterocycles. The van der Waals surface area contributed by atoms with Crippen LogP contribution in [0.5, 0.6) is 5.75 Å². The van der Waals surface area contributed by atoms with Crippen LogP contribution in [0.1, 0.15) is 18.4 Å². The SMILES string of the molecule is NC(=O)CC(NC(=O)C(CS)NC(=O)C(CC(N)=O)NC(=O)C(N)Cc1ccc(O)cc1)C(=O)O. The standard InChI is InChI=1S/C20H28N6O8S/c21-11(5-9-1-3-10(27)4-2-9)17(30)24-12(6-15(22)28)18(31)26-14(8-35)19(32)25-13(20(33)34)7-16(23)29/h1-4,11-14,27,35H,5-8,21H2,(H2,22,28)(H2,23,29)(H,24,30)(H,25,32)(H,26,31)(H,33,34). The van der Waals surface area contributed by atoms with Gasteiger partial charge in [0.15, 0.2) is 0 Å². The molecule has 0 saturated heterocycles. The average Bonchev–Trinajstić information content (AvgIpc) is 2.76. The number of aliphatic carboxylic acids is 1. The van der Waals surface area contributed by atoms with E-state index in [1.165, 1.54) is 12.1 Å². The molecule has 4 atom stereocenters. The lowest BCUT2D eigenvalue weighted by Crippen LogP contribution is -2.58. The number of hydrogen-bond acceptors (Lipinski definition) is 9. The molecule has 0 aromatic heterocycles. The molecule has 0 bridgehead atoms.